The average Bonchev–Trinajstić information content (AvgIpc) is 2.43. The molecule has 0 spiro atoms. The van der Waals surface area contributed by atoms with Crippen LogP contribution in [0.3, 0.4) is 0 Å². The minimum atomic E-state index is -0.734. The Kier molecular flexibility index (Phi) is 6.92. The minimum Gasteiger partial charge on any atom is -0.493 e. The molecule has 1 N–H and O–H groups in total. The topological polar surface area (TPSA) is 46.5 Å². The molecule has 1 aromatic rings. The van der Waals surface area contributed by atoms with E-state index in [2.05, 4.69) is 40.7 Å². The number of carbonyl (C=O) groups is 1. The fourth-order valence-electron chi connectivity index (χ4n) is 2.67. The molecular formula is C19H30O3. The van der Waals surface area contributed by atoms with Gasteiger partial charge < -0.3 is 9.84 Å². The molecule has 0 fully saturated rings. The minimum absolute atomic E-state index is 0.0287. The molecule has 0 radical (unpaired) electrons. The normalized spacial score (nSPS) is 13.0. The third-order valence-electron chi connectivity index (χ3n) is 3.80. The summed E-state index contributed by atoms with van der Waals surface area (Å²) < 4.78 is 5.87. The van der Waals surface area contributed by atoms with Gasteiger partial charge in [-0.3, -0.25) is 4.79 Å². The van der Waals surface area contributed by atoms with Gasteiger partial charge in [-0.25, -0.2) is 0 Å². The summed E-state index contributed by atoms with van der Waals surface area (Å²) in [4.78, 5) is 11.1. The predicted octanol–water partition coefficient (Wildman–Crippen LogP) is 5.13. The second-order valence-corrected chi connectivity index (χ2v) is 6.94. The van der Waals surface area contributed by atoms with E-state index in [4.69, 9.17) is 9.84 Å². The Balaban J connectivity index is 3.18. The first-order chi connectivity index (χ1) is 10.3. The van der Waals surface area contributed by atoms with E-state index < -0.39 is 5.97 Å². The summed E-state index contributed by atoms with van der Waals surface area (Å²) in [7, 11) is 0. The van der Waals surface area contributed by atoms with Gasteiger partial charge in [-0.05, 0) is 41.4 Å². The van der Waals surface area contributed by atoms with E-state index in [1.165, 1.54) is 0 Å². The van der Waals surface area contributed by atoms with Gasteiger partial charge in [0.2, 0.25) is 0 Å². The van der Waals surface area contributed by atoms with Gasteiger partial charge in [0.15, 0.2) is 0 Å². The van der Waals surface area contributed by atoms with E-state index >= 15 is 0 Å². The molecule has 3 nitrogen and oxygen atoms in total. The van der Waals surface area contributed by atoms with E-state index in [0.29, 0.717) is 6.61 Å². The number of benzene rings is 1. The second kappa shape index (κ2) is 8.21. The average molecular weight is 306 g/mol. The summed E-state index contributed by atoms with van der Waals surface area (Å²) in [5, 5.41) is 9.15. The Labute approximate surface area is 134 Å². The first kappa shape index (κ1) is 18.5. The molecule has 3 heteroatoms. The van der Waals surface area contributed by atoms with Crippen LogP contribution in [0.25, 0.3) is 0 Å². The zero-order chi connectivity index (χ0) is 16.8. The van der Waals surface area contributed by atoms with Crippen LogP contribution in [0.1, 0.15) is 77.3 Å². The largest absolute Gasteiger partial charge is 0.493 e. The van der Waals surface area contributed by atoms with Crippen molar-refractivity contribution in [2.45, 2.75) is 71.6 Å². The van der Waals surface area contributed by atoms with E-state index in [9.17, 15) is 4.79 Å². The lowest BCUT2D eigenvalue weighted by Gasteiger charge is -2.25. The van der Waals surface area contributed by atoms with Crippen LogP contribution in [0.5, 0.6) is 5.75 Å². The van der Waals surface area contributed by atoms with Gasteiger partial charge in [0, 0.05) is 0 Å². The fraction of sp³-hybridized carbons (Fsp3) is 0.632. The molecule has 22 heavy (non-hydrogen) atoms. The van der Waals surface area contributed by atoms with Gasteiger partial charge in [-0.15, -0.1) is 0 Å². The zero-order valence-electron chi connectivity index (χ0n) is 14.6. The zero-order valence-corrected chi connectivity index (χ0v) is 14.6. The molecule has 0 saturated heterocycles. The van der Waals surface area contributed by atoms with Gasteiger partial charge in [-0.1, -0.05) is 53.2 Å². The molecular weight excluding hydrogens is 276 g/mol. The number of hydrogen-bond acceptors (Lipinski definition) is 2. The summed E-state index contributed by atoms with van der Waals surface area (Å²) in [6.07, 6.45) is 3.04. The fourth-order valence-corrected chi connectivity index (χ4v) is 2.67. The maximum atomic E-state index is 11.1. The molecule has 1 atom stereocenters. The van der Waals surface area contributed by atoms with Crippen molar-refractivity contribution in [1.29, 1.82) is 0 Å². The number of hydrogen-bond donors (Lipinski definition) is 1. The highest BCUT2D eigenvalue weighted by Crippen LogP contribution is 2.36. The molecule has 1 rings (SSSR count). The molecule has 0 saturated carbocycles. The maximum Gasteiger partial charge on any atom is 0.303 e. The first-order valence-electron chi connectivity index (χ1n) is 8.28. The molecule has 0 bridgehead atoms. The molecule has 1 aromatic carbocycles. The monoisotopic (exact) mass is 306 g/mol. The maximum absolute atomic E-state index is 11.1. The first-order valence-corrected chi connectivity index (χ1v) is 8.28. The highest BCUT2D eigenvalue weighted by atomic mass is 16.5. The van der Waals surface area contributed by atoms with Crippen molar-refractivity contribution < 1.29 is 14.6 Å². The lowest BCUT2D eigenvalue weighted by Crippen LogP contribution is -2.15. The van der Waals surface area contributed by atoms with Gasteiger partial charge in [0.05, 0.1) is 13.0 Å². The second-order valence-electron chi connectivity index (χ2n) is 6.94. The van der Waals surface area contributed by atoms with Crippen LogP contribution in [0.2, 0.25) is 0 Å². The van der Waals surface area contributed by atoms with Crippen LogP contribution in [-0.2, 0) is 10.2 Å². The molecule has 0 heterocycles. The Morgan fingerprint density at radius 3 is 2.41 bits per heavy atom. The van der Waals surface area contributed by atoms with Crippen LogP contribution in [0.15, 0.2) is 18.2 Å². The van der Waals surface area contributed by atoms with Gasteiger partial charge >= 0.3 is 5.97 Å². The Morgan fingerprint density at radius 1 is 1.23 bits per heavy atom. The van der Waals surface area contributed by atoms with Crippen LogP contribution in [-0.4, -0.2) is 17.7 Å². The number of rotatable bonds is 8. The van der Waals surface area contributed by atoms with Gasteiger partial charge in [-0.2, -0.15) is 0 Å². The summed E-state index contributed by atoms with van der Waals surface area (Å²) in [6.45, 7) is 11.4. The van der Waals surface area contributed by atoms with Crippen molar-refractivity contribution in [3.05, 3.63) is 29.3 Å². The molecule has 0 aliphatic carbocycles. The van der Waals surface area contributed by atoms with Crippen molar-refractivity contribution >= 4 is 5.97 Å². The molecule has 0 amide bonds. The van der Waals surface area contributed by atoms with Crippen molar-refractivity contribution in [2.24, 2.45) is 0 Å². The standard InChI is InChI=1S/C19H30O3/c1-6-8-14(13-18(20)21)15-9-10-17(22-11-7-2)16(12-15)19(3,4)5/h9-10,12,14H,6-8,11,13H2,1-5H3,(H,20,21). The molecule has 0 aliphatic rings. The van der Waals surface area contributed by atoms with Crippen LogP contribution in [0.4, 0.5) is 0 Å². The van der Waals surface area contributed by atoms with Crippen molar-refractivity contribution in [3.63, 3.8) is 0 Å². The van der Waals surface area contributed by atoms with Crippen molar-refractivity contribution in [1.82, 2.24) is 0 Å². The Bertz CT molecular complexity index is 486. The van der Waals surface area contributed by atoms with E-state index in [-0.39, 0.29) is 17.8 Å². The van der Waals surface area contributed by atoms with E-state index in [1.54, 1.807) is 0 Å². The number of ether oxygens (including phenoxy) is 1. The van der Waals surface area contributed by atoms with Crippen LogP contribution >= 0.6 is 0 Å². The van der Waals surface area contributed by atoms with Crippen LogP contribution < -0.4 is 4.74 Å². The summed E-state index contributed by atoms with van der Waals surface area (Å²) >= 11 is 0. The molecule has 124 valence electrons. The SMILES string of the molecule is CCCOc1ccc(C(CCC)CC(=O)O)cc1C(C)(C)C. The number of aliphatic carboxylic acids is 1. The lowest BCUT2D eigenvalue weighted by molar-refractivity contribution is -0.137. The van der Waals surface area contributed by atoms with E-state index in [0.717, 1.165) is 36.1 Å². The third kappa shape index (κ3) is 5.36. The van der Waals surface area contributed by atoms with E-state index in [1.807, 2.05) is 12.1 Å². The highest BCUT2D eigenvalue weighted by Gasteiger charge is 2.22. The van der Waals surface area contributed by atoms with Gasteiger partial charge in [0.1, 0.15) is 5.75 Å². The van der Waals surface area contributed by atoms with Crippen LogP contribution in [0, 0.1) is 0 Å². The predicted molar refractivity (Wildman–Crippen MR) is 90.8 cm³/mol. The molecule has 0 aromatic heterocycles. The number of carboxylic acids is 1. The summed E-state index contributed by atoms with van der Waals surface area (Å²) in [5.41, 5.74) is 2.24. The smallest absolute Gasteiger partial charge is 0.303 e. The molecule has 0 aliphatic heterocycles. The highest BCUT2D eigenvalue weighted by molar-refractivity contribution is 5.68. The number of carboxylic acid groups (broad SMARTS) is 1. The summed E-state index contributed by atoms with van der Waals surface area (Å²) in [5.74, 6) is 0.259. The quantitative estimate of drug-likeness (QED) is 0.724. The Hall–Kier alpha value is -1.51. The Morgan fingerprint density at radius 2 is 1.91 bits per heavy atom. The molecule has 1 unspecified atom stereocenters. The van der Waals surface area contributed by atoms with Crippen molar-refractivity contribution in [2.75, 3.05) is 6.61 Å². The summed E-state index contributed by atoms with van der Waals surface area (Å²) in [6, 6.07) is 6.19. The lowest BCUT2D eigenvalue weighted by atomic mass is 9.82. The third-order valence-corrected chi connectivity index (χ3v) is 3.80. The van der Waals surface area contributed by atoms with Gasteiger partial charge in [0.25, 0.3) is 0 Å². The van der Waals surface area contributed by atoms with Crippen molar-refractivity contribution in [3.8, 4) is 5.75 Å².